The zero-order valence-corrected chi connectivity index (χ0v) is 14.8. The second kappa shape index (κ2) is 7.23. The van der Waals surface area contributed by atoms with Gasteiger partial charge in [-0.15, -0.1) is 0 Å². The van der Waals surface area contributed by atoms with Crippen molar-refractivity contribution in [1.82, 2.24) is 9.29 Å². The number of piperidine rings is 1. The van der Waals surface area contributed by atoms with Crippen LogP contribution in [0.2, 0.25) is 0 Å². The standard InChI is InChI=1S/C18H18N4O3S/c19-12-13-7-9-14(10-8-13)15-4-3-6-17(21-15)26(24,25)22-11-2-1-5-16(22)18(20)23/h3-4,6-10,16H,1-2,5,11H2,(H2,20,23). The molecule has 0 spiro atoms. The summed E-state index contributed by atoms with van der Waals surface area (Å²) in [5.41, 5.74) is 7.07. The number of amides is 1. The van der Waals surface area contributed by atoms with Gasteiger partial charge in [0.05, 0.1) is 17.3 Å². The topological polar surface area (TPSA) is 117 Å². The molecule has 8 heteroatoms. The van der Waals surface area contributed by atoms with Crippen molar-refractivity contribution in [2.24, 2.45) is 5.73 Å². The second-order valence-corrected chi connectivity index (χ2v) is 7.92. The second-order valence-electron chi connectivity index (χ2n) is 6.08. The fourth-order valence-electron chi connectivity index (χ4n) is 3.03. The van der Waals surface area contributed by atoms with Gasteiger partial charge in [-0.3, -0.25) is 4.79 Å². The number of hydrogen-bond acceptors (Lipinski definition) is 5. The molecule has 134 valence electrons. The van der Waals surface area contributed by atoms with E-state index >= 15 is 0 Å². The molecule has 26 heavy (non-hydrogen) atoms. The fraction of sp³-hybridized carbons (Fsp3) is 0.278. The summed E-state index contributed by atoms with van der Waals surface area (Å²) >= 11 is 0. The Kier molecular flexibility index (Phi) is 5.02. The molecular formula is C18H18N4O3S. The van der Waals surface area contributed by atoms with Crippen LogP contribution in [0.3, 0.4) is 0 Å². The number of pyridine rings is 1. The molecule has 7 nitrogen and oxygen atoms in total. The summed E-state index contributed by atoms with van der Waals surface area (Å²) in [4.78, 5) is 15.9. The highest BCUT2D eigenvalue weighted by atomic mass is 32.2. The summed E-state index contributed by atoms with van der Waals surface area (Å²) in [5, 5.41) is 8.76. The van der Waals surface area contributed by atoms with E-state index in [0.717, 1.165) is 10.7 Å². The minimum atomic E-state index is -3.93. The highest BCUT2D eigenvalue weighted by molar-refractivity contribution is 7.89. The summed E-state index contributed by atoms with van der Waals surface area (Å²) in [6.45, 7) is 0.249. The highest BCUT2D eigenvalue weighted by Crippen LogP contribution is 2.26. The van der Waals surface area contributed by atoms with Crippen LogP contribution in [0.5, 0.6) is 0 Å². The predicted molar refractivity (Wildman–Crippen MR) is 95.1 cm³/mol. The Morgan fingerprint density at radius 2 is 1.92 bits per heavy atom. The van der Waals surface area contributed by atoms with Crippen molar-refractivity contribution in [2.75, 3.05) is 6.54 Å². The zero-order valence-electron chi connectivity index (χ0n) is 14.0. The van der Waals surface area contributed by atoms with Gasteiger partial charge in [-0.2, -0.15) is 9.57 Å². The van der Waals surface area contributed by atoms with E-state index in [1.807, 2.05) is 6.07 Å². The number of benzene rings is 1. The molecule has 1 amide bonds. The third-order valence-electron chi connectivity index (χ3n) is 4.39. The van der Waals surface area contributed by atoms with Crippen LogP contribution in [0.4, 0.5) is 0 Å². The third kappa shape index (κ3) is 3.45. The van der Waals surface area contributed by atoms with Crippen LogP contribution in [0.1, 0.15) is 24.8 Å². The lowest BCUT2D eigenvalue weighted by Crippen LogP contribution is -2.50. The Morgan fingerprint density at radius 1 is 1.19 bits per heavy atom. The van der Waals surface area contributed by atoms with E-state index < -0.39 is 22.0 Å². The minimum absolute atomic E-state index is 0.118. The average Bonchev–Trinajstić information content (AvgIpc) is 2.68. The first-order valence-electron chi connectivity index (χ1n) is 8.22. The van der Waals surface area contributed by atoms with Crippen molar-refractivity contribution in [2.45, 2.75) is 30.3 Å². The summed E-state index contributed by atoms with van der Waals surface area (Å²) in [6.07, 6.45) is 1.86. The van der Waals surface area contributed by atoms with Crippen molar-refractivity contribution >= 4 is 15.9 Å². The number of sulfonamides is 1. The maximum absolute atomic E-state index is 13.0. The van der Waals surface area contributed by atoms with Gasteiger partial charge in [-0.1, -0.05) is 24.6 Å². The SMILES string of the molecule is N#Cc1ccc(-c2cccc(S(=O)(=O)N3CCCCC3C(N)=O)n2)cc1. The maximum atomic E-state index is 13.0. The van der Waals surface area contributed by atoms with Gasteiger partial charge in [0.2, 0.25) is 5.91 Å². The fourth-order valence-corrected chi connectivity index (χ4v) is 4.65. The van der Waals surface area contributed by atoms with Gasteiger partial charge in [-0.25, -0.2) is 13.4 Å². The van der Waals surface area contributed by atoms with Gasteiger partial charge in [0.15, 0.2) is 5.03 Å². The Hall–Kier alpha value is -2.76. The Bertz CT molecular complexity index is 965. The lowest BCUT2D eigenvalue weighted by Gasteiger charge is -2.32. The molecule has 1 saturated heterocycles. The molecule has 2 aromatic rings. The monoisotopic (exact) mass is 370 g/mol. The van der Waals surface area contributed by atoms with Crippen molar-refractivity contribution in [3.63, 3.8) is 0 Å². The van der Waals surface area contributed by atoms with Crippen LogP contribution in [0.15, 0.2) is 47.5 Å². The van der Waals surface area contributed by atoms with Crippen LogP contribution >= 0.6 is 0 Å². The predicted octanol–water partition coefficient (Wildman–Crippen LogP) is 1.65. The molecule has 1 aliphatic rings. The molecule has 1 fully saturated rings. The number of nitriles is 1. The Labute approximate surface area is 152 Å². The van der Waals surface area contributed by atoms with Crippen molar-refractivity contribution in [1.29, 1.82) is 5.26 Å². The highest BCUT2D eigenvalue weighted by Gasteiger charge is 2.37. The molecule has 1 aromatic heterocycles. The number of nitrogens with zero attached hydrogens (tertiary/aromatic N) is 3. The van der Waals surface area contributed by atoms with E-state index in [-0.39, 0.29) is 11.6 Å². The zero-order chi connectivity index (χ0) is 18.7. The molecule has 0 bridgehead atoms. The van der Waals surface area contributed by atoms with Gasteiger partial charge in [0.25, 0.3) is 10.0 Å². The van der Waals surface area contributed by atoms with Crippen LogP contribution in [-0.2, 0) is 14.8 Å². The number of rotatable bonds is 4. The van der Waals surface area contributed by atoms with Crippen LogP contribution in [0.25, 0.3) is 11.3 Å². The molecule has 1 atom stereocenters. The van der Waals surface area contributed by atoms with Gasteiger partial charge in [0, 0.05) is 12.1 Å². The Morgan fingerprint density at radius 3 is 2.58 bits per heavy atom. The molecule has 1 unspecified atom stereocenters. The molecule has 1 aliphatic heterocycles. The maximum Gasteiger partial charge on any atom is 0.261 e. The van der Waals surface area contributed by atoms with E-state index in [0.29, 0.717) is 29.7 Å². The molecule has 1 aromatic carbocycles. The molecule has 0 aliphatic carbocycles. The van der Waals surface area contributed by atoms with Crippen molar-refractivity contribution in [3.8, 4) is 17.3 Å². The van der Waals surface area contributed by atoms with E-state index in [4.69, 9.17) is 11.0 Å². The number of primary amides is 1. The molecular weight excluding hydrogens is 352 g/mol. The normalized spacial score (nSPS) is 18.2. The largest absolute Gasteiger partial charge is 0.368 e. The Balaban J connectivity index is 1.98. The van der Waals surface area contributed by atoms with Crippen LogP contribution in [-0.4, -0.2) is 36.2 Å². The molecule has 0 saturated carbocycles. The van der Waals surface area contributed by atoms with Crippen LogP contribution in [0, 0.1) is 11.3 Å². The summed E-state index contributed by atoms with van der Waals surface area (Å²) in [7, 11) is -3.93. The van der Waals surface area contributed by atoms with E-state index in [1.54, 1.807) is 36.4 Å². The molecule has 2 N–H and O–H groups in total. The molecule has 3 rings (SSSR count). The van der Waals surface area contributed by atoms with E-state index in [2.05, 4.69) is 4.98 Å². The van der Waals surface area contributed by atoms with E-state index in [9.17, 15) is 13.2 Å². The number of aromatic nitrogens is 1. The van der Waals surface area contributed by atoms with Gasteiger partial charge in [0.1, 0.15) is 6.04 Å². The first-order chi connectivity index (χ1) is 12.4. The summed E-state index contributed by atoms with van der Waals surface area (Å²) in [5.74, 6) is -0.642. The van der Waals surface area contributed by atoms with E-state index in [1.165, 1.54) is 6.07 Å². The van der Waals surface area contributed by atoms with Crippen molar-refractivity contribution < 1.29 is 13.2 Å². The van der Waals surface area contributed by atoms with Gasteiger partial charge < -0.3 is 5.73 Å². The van der Waals surface area contributed by atoms with Gasteiger partial charge >= 0.3 is 0 Å². The number of nitrogens with two attached hydrogens (primary N) is 1. The first kappa shape index (κ1) is 18.0. The number of carbonyl (C=O) groups excluding carboxylic acids is 1. The summed E-state index contributed by atoms with van der Waals surface area (Å²) < 4.78 is 27.2. The summed E-state index contributed by atoms with van der Waals surface area (Å²) in [6, 6.07) is 12.6. The number of hydrogen-bond donors (Lipinski definition) is 1. The molecule has 2 heterocycles. The third-order valence-corrected chi connectivity index (χ3v) is 6.20. The smallest absolute Gasteiger partial charge is 0.261 e. The lowest BCUT2D eigenvalue weighted by molar-refractivity contribution is -0.122. The van der Waals surface area contributed by atoms with Gasteiger partial charge in [-0.05, 0) is 37.1 Å². The quantitative estimate of drug-likeness (QED) is 0.878. The first-order valence-corrected chi connectivity index (χ1v) is 9.66. The number of carbonyl (C=O) groups is 1. The van der Waals surface area contributed by atoms with Crippen molar-refractivity contribution in [3.05, 3.63) is 48.0 Å². The minimum Gasteiger partial charge on any atom is -0.368 e. The van der Waals surface area contributed by atoms with Crippen LogP contribution < -0.4 is 5.73 Å². The molecule has 0 radical (unpaired) electrons. The lowest BCUT2D eigenvalue weighted by atomic mass is 10.0. The average molecular weight is 370 g/mol.